The lowest BCUT2D eigenvalue weighted by Gasteiger charge is -2.28. The van der Waals surface area contributed by atoms with Crippen LogP contribution in [-0.4, -0.2) is 41.0 Å². The quantitative estimate of drug-likeness (QED) is 0.621. The van der Waals surface area contributed by atoms with Crippen LogP contribution >= 0.6 is 0 Å². The molecule has 8 heteroatoms. The standard InChI is InChI=1S/C25H25F2N5O/c1-16-22(4-2-7-29-16)31-24(33)21-14-28-13-20(17-10-18(26)12-19(27)11-17)23(21)32-9-6-25(15-32)5-3-8-30-25/h2,4,7,10-14,30H,3,5-6,8-9,15H2,1H3,(H,31,33). The Hall–Kier alpha value is -3.39. The molecule has 2 aliphatic heterocycles. The molecule has 0 saturated carbocycles. The number of carbonyl (C=O) groups excluding carboxylic acids is 1. The lowest BCUT2D eigenvalue weighted by Crippen LogP contribution is -2.42. The third kappa shape index (κ3) is 4.18. The van der Waals surface area contributed by atoms with Crippen LogP contribution in [-0.2, 0) is 0 Å². The molecule has 3 aromatic rings. The van der Waals surface area contributed by atoms with Crippen molar-refractivity contribution in [1.82, 2.24) is 15.3 Å². The average Bonchev–Trinajstić information content (AvgIpc) is 3.43. The van der Waals surface area contributed by atoms with E-state index in [1.807, 2.05) is 6.92 Å². The number of benzene rings is 1. The van der Waals surface area contributed by atoms with E-state index in [4.69, 9.17) is 0 Å². The van der Waals surface area contributed by atoms with Crippen LogP contribution in [0.1, 0.15) is 35.3 Å². The zero-order valence-electron chi connectivity index (χ0n) is 18.4. The van der Waals surface area contributed by atoms with Crippen LogP contribution < -0.4 is 15.5 Å². The summed E-state index contributed by atoms with van der Waals surface area (Å²) in [6, 6.07) is 6.92. The number of carbonyl (C=O) groups is 1. The Kier molecular flexibility index (Phi) is 5.54. The van der Waals surface area contributed by atoms with Crippen LogP contribution in [0.25, 0.3) is 11.1 Å². The van der Waals surface area contributed by atoms with Crippen molar-refractivity contribution in [3.63, 3.8) is 0 Å². The molecule has 170 valence electrons. The fourth-order valence-corrected chi connectivity index (χ4v) is 4.97. The van der Waals surface area contributed by atoms with E-state index in [0.717, 1.165) is 38.4 Å². The fourth-order valence-electron chi connectivity index (χ4n) is 4.97. The highest BCUT2D eigenvalue weighted by Gasteiger charge is 2.41. The SMILES string of the molecule is Cc1ncccc1NC(=O)c1cncc(-c2cc(F)cc(F)c2)c1N1CCC2(CCCN2)C1. The Balaban J connectivity index is 1.60. The molecule has 2 fully saturated rings. The lowest BCUT2D eigenvalue weighted by molar-refractivity contribution is 0.102. The third-order valence-electron chi connectivity index (χ3n) is 6.59. The van der Waals surface area contributed by atoms with Gasteiger partial charge in [0.25, 0.3) is 5.91 Å². The summed E-state index contributed by atoms with van der Waals surface area (Å²) in [7, 11) is 0. The van der Waals surface area contributed by atoms with Crippen molar-refractivity contribution in [3.8, 4) is 11.1 Å². The Morgan fingerprint density at radius 2 is 2.00 bits per heavy atom. The summed E-state index contributed by atoms with van der Waals surface area (Å²) >= 11 is 0. The van der Waals surface area contributed by atoms with Gasteiger partial charge >= 0.3 is 0 Å². The molecule has 6 nitrogen and oxygen atoms in total. The highest BCUT2D eigenvalue weighted by molar-refractivity contribution is 6.10. The first-order chi connectivity index (χ1) is 15.9. The molecule has 2 aromatic heterocycles. The van der Waals surface area contributed by atoms with E-state index in [9.17, 15) is 13.6 Å². The summed E-state index contributed by atoms with van der Waals surface area (Å²) in [4.78, 5) is 24.0. The second-order valence-corrected chi connectivity index (χ2v) is 8.81. The molecule has 1 spiro atoms. The molecule has 4 heterocycles. The summed E-state index contributed by atoms with van der Waals surface area (Å²) in [6.45, 7) is 4.23. The maximum Gasteiger partial charge on any atom is 0.259 e. The Morgan fingerprint density at radius 1 is 1.18 bits per heavy atom. The fraction of sp³-hybridized carbons (Fsp3) is 0.320. The van der Waals surface area contributed by atoms with Crippen LogP contribution in [0.2, 0.25) is 0 Å². The van der Waals surface area contributed by atoms with Gasteiger partial charge in [-0.05, 0) is 62.6 Å². The van der Waals surface area contributed by atoms with Gasteiger partial charge < -0.3 is 15.5 Å². The van der Waals surface area contributed by atoms with Gasteiger partial charge in [-0.3, -0.25) is 14.8 Å². The zero-order valence-corrected chi connectivity index (χ0v) is 18.4. The summed E-state index contributed by atoms with van der Waals surface area (Å²) in [5, 5.41) is 6.54. The molecule has 33 heavy (non-hydrogen) atoms. The van der Waals surface area contributed by atoms with Crippen LogP contribution in [0.5, 0.6) is 0 Å². The first-order valence-corrected chi connectivity index (χ1v) is 11.1. The van der Waals surface area contributed by atoms with E-state index in [-0.39, 0.29) is 11.4 Å². The van der Waals surface area contributed by atoms with Gasteiger partial charge in [0.05, 0.1) is 22.6 Å². The lowest BCUT2D eigenvalue weighted by atomic mass is 9.96. The van der Waals surface area contributed by atoms with Gasteiger partial charge in [0, 0.05) is 48.8 Å². The second-order valence-electron chi connectivity index (χ2n) is 8.81. The van der Waals surface area contributed by atoms with E-state index in [0.29, 0.717) is 40.3 Å². The number of hydrogen-bond donors (Lipinski definition) is 2. The maximum atomic E-state index is 14.1. The van der Waals surface area contributed by atoms with Gasteiger partial charge in [0.15, 0.2) is 0 Å². The number of halogens is 2. The molecule has 0 radical (unpaired) electrons. The van der Waals surface area contributed by atoms with Gasteiger partial charge in [0.1, 0.15) is 11.6 Å². The molecule has 0 aliphatic carbocycles. The number of nitrogens with zero attached hydrogens (tertiary/aromatic N) is 3. The first-order valence-electron chi connectivity index (χ1n) is 11.1. The topological polar surface area (TPSA) is 70.2 Å². The largest absolute Gasteiger partial charge is 0.368 e. The van der Waals surface area contributed by atoms with Gasteiger partial charge in [-0.2, -0.15) is 0 Å². The Labute approximate surface area is 191 Å². The molecular formula is C25H25F2N5O. The Bertz CT molecular complexity index is 1190. The van der Waals surface area contributed by atoms with Crippen molar-refractivity contribution in [1.29, 1.82) is 0 Å². The molecule has 2 N–H and O–H groups in total. The van der Waals surface area contributed by atoms with Crippen molar-refractivity contribution >= 4 is 17.3 Å². The molecular weight excluding hydrogens is 424 g/mol. The second kappa shape index (κ2) is 8.51. The monoisotopic (exact) mass is 449 g/mol. The summed E-state index contributed by atoms with van der Waals surface area (Å²) < 4.78 is 28.2. The van der Waals surface area contributed by atoms with Crippen molar-refractivity contribution in [3.05, 3.63) is 71.8 Å². The third-order valence-corrected chi connectivity index (χ3v) is 6.59. The molecule has 2 saturated heterocycles. The zero-order chi connectivity index (χ0) is 23.0. The minimum atomic E-state index is -0.674. The number of amides is 1. The molecule has 0 bridgehead atoms. The van der Waals surface area contributed by atoms with E-state index < -0.39 is 11.6 Å². The highest BCUT2D eigenvalue weighted by Crippen LogP contribution is 2.40. The van der Waals surface area contributed by atoms with Crippen molar-refractivity contribution in [2.24, 2.45) is 0 Å². The van der Waals surface area contributed by atoms with Crippen LogP contribution in [0, 0.1) is 18.6 Å². The predicted molar refractivity (Wildman–Crippen MR) is 123 cm³/mol. The summed E-state index contributed by atoms with van der Waals surface area (Å²) in [5.74, 6) is -1.69. The number of nitrogens with one attached hydrogen (secondary N) is 2. The van der Waals surface area contributed by atoms with E-state index in [1.54, 1.807) is 24.5 Å². The van der Waals surface area contributed by atoms with Gasteiger partial charge in [-0.25, -0.2) is 8.78 Å². The van der Waals surface area contributed by atoms with E-state index in [2.05, 4.69) is 25.5 Å². The highest BCUT2D eigenvalue weighted by atomic mass is 19.1. The molecule has 1 aromatic carbocycles. The van der Waals surface area contributed by atoms with Crippen molar-refractivity contribution in [2.75, 3.05) is 29.9 Å². The minimum Gasteiger partial charge on any atom is -0.368 e. The molecule has 1 unspecified atom stereocenters. The number of pyridine rings is 2. The number of aryl methyl sites for hydroxylation is 1. The average molecular weight is 450 g/mol. The van der Waals surface area contributed by atoms with E-state index in [1.165, 1.54) is 18.3 Å². The van der Waals surface area contributed by atoms with Crippen molar-refractivity contribution in [2.45, 2.75) is 31.7 Å². The number of hydrogen-bond acceptors (Lipinski definition) is 5. The molecule has 2 aliphatic rings. The Morgan fingerprint density at radius 3 is 2.73 bits per heavy atom. The summed E-state index contributed by atoms with van der Waals surface area (Å²) in [5.41, 5.74) is 3.17. The normalized spacial score (nSPS) is 19.9. The molecule has 1 amide bonds. The predicted octanol–water partition coefficient (Wildman–Crippen LogP) is 4.31. The molecule has 5 rings (SSSR count). The maximum absolute atomic E-state index is 14.1. The molecule has 1 atom stereocenters. The van der Waals surface area contributed by atoms with Crippen LogP contribution in [0.4, 0.5) is 20.2 Å². The van der Waals surface area contributed by atoms with Gasteiger partial charge in [0.2, 0.25) is 0 Å². The van der Waals surface area contributed by atoms with E-state index >= 15 is 0 Å². The smallest absolute Gasteiger partial charge is 0.259 e. The van der Waals surface area contributed by atoms with Crippen LogP contribution in [0.15, 0.2) is 48.9 Å². The number of aromatic nitrogens is 2. The summed E-state index contributed by atoms with van der Waals surface area (Å²) in [6.07, 6.45) is 7.87. The number of rotatable bonds is 4. The van der Waals surface area contributed by atoms with Gasteiger partial charge in [-0.1, -0.05) is 0 Å². The van der Waals surface area contributed by atoms with Crippen LogP contribution in [0.3, 0.4) is 0 Å². The number of anilines is 2. The first kappa shape index (κ1) is 21.5. The van der Waals surface area contributed by atoms with Crippen molar-refractivity contribution < 1.29 is 13.6 Å². The van der Waals surface area contributed by atoms with Gasteiger partial charge in [-0.15, -0.1) is 0 Å². The minimum absolute atomic E-state index is 0.00140.